The minimum Gasteiger partial charge on any atom is -0.308 e. The van der Waals surface area contributed by atoms with E-state index in [0.717, 1.165) is 22.0 Å². The third-order valence-electron chi connectivity index (χ3n) is 3.16. The molecule has 1 aromatic heterocycles. The van der Waals surface area contributed by atoms with Crippen molar-refractivity contribution in [3.05, 3.63) is 66.4 Å². The number of nitrogens with zero attached hydrogens (tertiary/aromatic N) is 1. The number of aromatic nitrogens is 1. The number of benzene rings is 2. The fraction of sp³-hybridized carbons (Fsp3) is 0.0588. The average Bonchev–Trinajstić information content (AvgIpc) is 2.49. The predicted molar refractivity (Wildman–Crippen MR) is 85.6 cm³/mol. The highest BCUT2D eigenvalue weighted by Gasteiger charge is 2.04. The molecule has 0 spiro atoms. The van der Waals surface area contributed by atoms with Crippen LogP contribution in [-0.2, 0) is 0 Å². The molecule has 0 aliphatic carbocycles. The van der Waals surface area contributed by atoms with Crippen molar-refractivity contribution in [3.63, 3.8) is 0 Å². The Hall–Kier alpha value is -2.88. The number of amides is 2. The molecule has 2 N–H and O–H groups in total. The second-order valence-corrected chi connectivity index (χ2v) is 4.86. The first-order valence-electron chi connectivity index (χ1n) is 6.70. The average molecular weight is 277 g/mol. The number of hydrogen-bond donors (Lipinski definition) is 2. The van der Waals surface area contributed by atoms with E-state index >= 15 is 0 Å². The van der Waals surface area contributed by atoms with Crippen molar-refractivity contribution in [1.82, 2.24) is 4.98 Å². The molecule has 0 bridgehead atoms. The number of carbonyl (C=O) groups excluding carboxylic acids is 1. The van der Waals surface area contributed by atoms with E-state index in [1.54, 1.807) is 12.3 Å². The van der Waals surface area contributed by atoms with Gasteiger partial charge in [-0.05, 0) is 41.5 Å². The number of anilines is 2. The molecule has 3 rings (SSSR count). The number of carbonyl (C=O) groups is 1. The van der Waals surface area contributed by atoms with Crippen molar-refractivity contribution in [1.29, 1.82) is 0 Å². The van der Waals surface area contributed by atoms with Crippen LogP contribution in [0.5, 0.6) is 0 Å². The Bertz CT molecular complexity index is 781. The topological polar surface area (TPSA) is 54.0 Å². The first-order chi connectivity index (χ1) is 10.2. The molecule has 0 atom stereocenters. The molecule has 0 aliphatic heterocycles. The zero-order valence-electron chi connectivity index (χ0n) is 11.6. The number of urea groups is 1. The summed E-state index contributed by atoms with van der Waals surface area (Å²) in [6, 6.07) is 17.2. The summed E-state index contributed by atoms with van der Waals surface area (Å²) in [6.07, 6.45) is 1.71. The molecule has 2 amide bonds. The standard InChI is InChI=1S/C17H15N3O/c1-12-6-9-16(18-11-12)20-17(21)19-15-8-7-13-4-2-3-5-14(13)10-15/h2-11H,1H3,(H2,18,19,20,21). The molecule has 0 saturated carbocycles. The van der Waals surface area contributed by atoms with Crippen molar-refractivity contribution in [2.45, 2.75) is 6.92 Å². The monoisotopic (exact) mass is 277 g/mol. The van der Waals surface area contributed by atoms with Gasteiger partial charge < -0.3 is 5.32 Å². The molecule has 4 heteroatoms. The normalized spacial score (nSPS) is 10.3. The van der Waals surface area contributed by atoms with Gasteiger partial charge >= 0.3 is 6.03 Å². The fourth-order valence-corrected chi connectivity index (χ4v) is 2.09. The third kappa shape index (κ3) is 3.17. The number of nitrogens with one attached hydrogen (secondary N) is 2. The van der Waals surface area contributed by atoms with Crippen LogP contribution in [0.25, 0.3) is 10.8 Å². The van der Waals surface area contributed by atoms with Gasteiger partial charge in [-0.25, -0.2) is 9.78 Å². The lowest BCUT2D eigenvalue weighted by Crippen LogP contribution is -2.19. The number of pyridine rings is 1. The minimum atomic E-state index is -0.304. The van der Waals surface area contributed by atoms with Gasteiger partial charge in [0.05, 0.1) is 0 Å². The van der Waals surface area contributed by atoms with E-state index in [-0.39, 0.29) is 6.03 Å². The summed E-state index contributed by atoms with van der Waals surface area (Å²) in [5.74, 6) is 0.527. The fourth-order valence-electron chi connectivity index (χ4n) is 2.09. The van der Waals surface area contributed by atoms with Gasteiger partial charge in [-0.3, -0.25) is 5.32 Å². The highest BCUT2D eigenvalue weighted by molar-refractivity contribution is 6.00. The Labute approximate surface area is 122 Å². The largest absolute Gasteiger partial charge is 0.324 e. The Morgan fingerprint density at radius 2 is 1.76 bits per heavy atom. The number of aryl methyl sites for hydroxylation is 1. The van der Waals surface area contributed by atoms with Gasteiger partial charge in [-0.15, -0.1) is 0 Å². The first kappa shape index (κ1) is 13.1. The van der Waals surface area contributed by atoms with Gasteiger partial charge in [0.2, 0.25) is 0 Å². The van der Waals surface area contributed by atoms with Gasteiger partial charge in [0.15, 0.2) is 0 Å². The van der Waals surface area contributed by atoms with E-state index < -0.39 is 0 Å². The lowest BCUT2D eigenvalue weighted by atomic mass is 10.1. The highest BCUT2D eigenvalue weighted by Crippen LogP contribution is 2.19. The van der Waals surface area contributed by atoms with Crippen LogP contribution in [0.2, 0.25) is 0 Å². The van der Waals surface area contributed by atoms with Crippen LogP contribution >= 0.6 is 0 Å². The summed E-state index contributed by atoms with van der Waals surface area (Å²) in [6.45, 7) is 1.95. The highest BCUT2D eigenvalue weighted by atomic mass is 16.2. The molecule has 0 fully saturated rings. The van der Waals surface area contributed by atoms with Gasteiger partial charge in [-0.2, -0.15) is 0 Å². The van der Waals surface area contributed by atoms with E-state index in [1.807, 2.05) is 55.5 Å². The van der Waals surface area contributed by atoms with Crippen LogP contribution in [0.4, 0.5) is 16.3 Å². The van der Waals surface area contributed by atoms with Crippen LogP contribution in [0, 0.1) is 6.92 Å². The summed E-state index contributed by atoms with van der Waals surface area (Å²) >= 11 is 0. The number of rotatable bonds is 2. The maximum absolute atomic E-state index is 11.9. The molecule has 104 valence electrons. The Morgan fingerprint density at radius 1 is 0.952 bits per heavy atom. The van der Waals surface area contributed by atoms with Crippen molar-refractivity contribution in [2.24, 2.45) is 0 Å². The molecule has 0 saturated heterocycles. The lowest BCUT2D eigenvalue weighted by Gasteiger charge is -2.08. The van der Waals surface area contributed by atoms with E-state index in [4.69, 9.17) is 0 Å². The summed E-state index contributed by atoms with van der Waals surface area (Å²) in [5.41, 5.74) is 1.80. The van der Waals surface area contributed by atoms with Crippen LogP contribution in [0.1, 0.15) is 5.56 Å². The molecule has 1 heterocycles. The predicted octanol–water partition coefficient (Wildman–Crippen LogP) is 4.19. The minimum absolute atomic E-state index is 0.304. The Balaban J connectivity index is 1.72. The Morgan fingerprint density at radius 3 is 2.52 bits per heavy atom. The molecule has 0 unspecified atom stereocenters. The maximum atomic E-state index is 11.9. The van der Waals surface area contributed by atoms with E-state index in [0.29, 0.717) is 5.82 Å². The number of hydrogen-bond acceptors (Lipinski definition) is 2. The van der Waals surface area contributed by atoms with E-state index in [2.05, 4.69) is 15.6 Å². The third-order valence-corrected chi connectivity index (χ3v) is 3.16. The van der Waals surface area contributed by atoms with Gasteiger partial charge in [0.1, 0.15) is 5.82 Å². The quantitative estimate of drug-likeness (QED) is 0.738. The lowest BCUT2D eigenvalue weighted by molar-refractivity contribution is 0.262. The van der Waals surface area contributed by atoms with Crippen molar-refractivity contribution < 1.29 is 4.79 Å². The second kappa shape index (κ2) is 5.63. The van der Waals surface area contributed by atoms with Crippen LogP contribution < -0.4 is 10.6 Å². The van der Waals surface area contributed by atoms with Crippen molar-refractivity contribution in [3.8, 4) is 0 Å². The molecule has 0 radical (unpaired) electrons. The van der Waals surface area contributed by atoms with Crippen LogP contribution in [0.3, 0.4) is 0 Å². The zero-order valence-corrected chi connectivity index (χ0v) is 11.6. The summed E-state index contributed by atoms with van der Waals surface area (Å²) in [7, 11) is 0. The summed E-state index contributed by atoms with van der Waals surface area (Å²) < 4.78 is 0. The molecular weight excluding hydrogens is 262 g/mol. The molecule has 0 aliphatic rings. The molecule has 2 aromatic carbocycles. The molecular formula is C17H15N3O. The van der Waals surface area contributed by atoms with Crippen LogP contribution in [0.15, 0.2) is 60.8 Å². The van der Waals surface area contributed by atoms with Gasteiger partial charge in [0, 0.05) is 11.9 Å². The number of fused-ring (bicyclic) bond motifs is 1. The van der Waals surface area contributed by atoms with Crippen molar-refractivity contribution >= 4 is 28.3 Å². The van der Waals surface area contributed by atoms with Crippen molar-refractivity contribution in [2.75, 3.05) is 10.6 Å². The summed E-state index contributed by atoms with van der Waals surface area (Å²) in [5, 5.41) is 7.74. The Kier molecular flexibility index (Phi) is 3.51. The van der Waals surface area contributed by atoms with Gasteiger partial charge in [-0.1, -0.05) is 36.4 Å². The second-order valence-electron chi connectivity index (χ2n) is 4.86. The van der Waals surface area contributed by atoms with E-state index in [1.165, 1.54) is 0 Å². The van der Waals surface area contributed by atoms with Crippen LogP contribution in [-0.4, -0.2) is 11.0 Å². The summed E-state index contributed by atoms with van der Waals surface area (Å²) in [4.78, 5) is 16.1. The smallest absolute Gasteiger partial charge is 0.308 e. The van der Waals surface area contributed by atoms with Gasteiger partial charge in [0.25, 0.3) is 0 Å². The first-order valence-corrected chi connectivity index (χ1v) is 6.70. The molecule has 21 heavy (non-hydrogen) atoms. The molecule has 3 aromatic rings. The maximum Gasteiger partial charge on any atom is 0.324 e. The SMILES string of the molecule is Cc1ccc(NC(=O)Nc2ccc3ccccc3c2)nc1. The zero-order chi connectivity index (χ0) is 14.7. The molecule has 4 nitrogen and oxygen atoms in total. The van der Waals surface area contributed by atoms with E-state index in [9.17, 15) is 4.79 Å².